The Hall–Kier alpha value is -3.09. The Morgan fingerprint density at radius 3 is 2.68 bits per heavy atom. The van der Waals surface area contributed by atoms with Crippen LogP contribution in [0.4, 0.5) is 5.69 Å². The van der Waals surface area contributed by atoms with Crippen LogP contribution in [0.15, 0.2) is 53.6 Å². The lowest BCUT2D eigenvalue weighted by atomic mass is 10.00. The van der Waals surface area contributed by atoms with Crippen molar-refractivity contribution in [3.63, 3.8) is 0 Å². The van der Waals surface area contributed by atoms with E-state index in [-0.39, 0.29) is 5.78 Å². The zero-order valence-electron chi connectivity index (χ0n) is 17.8. The second-order valence-corrected chi connectivity index (χ2v) is 9.16. The fourth-order valence-electron chi connectivity index (χ4n) is 4.04. The molecule has 2 aliphatic rings. The summed E-state index contributed by atoms with van der Waals surface area (Å²) < 4.78 is 12.1. The first-order chi connectivity index (χ1) is 15.0. The van der Waals surface area contributed by atoms with Crippen molar-refractivity contribution in [2.45, 2.75) is 20.0 Å². The number of ketones is 1. The van der Waals surface area contributed by atoms with E-state index in [1.807, 2.05) is 62.3 Å². The number of rotatable bonds is 4. The molecule has 3 aromatic rings. The summed E-state index contributed by atoms with van der Waals surface area (Å²) >= 11 is 1.74. The second-order valence-electron chi connectivity index (χ2n) is 8.13. The average Bonchev–Trinajstić information content (AvgIpc) is 3.38. The minimum absolute atomic E-state index is 0.0760. The molecule has 0 radical (unpaired) electrons. The predicted octanol–water partition coefficient (Wildman–Crippen LogP) is 5.09. The van der Waals surface area contributed by atoms with Crippen molar-refractivity contribution in [1.29, 1.82) is 0 Å². The molecule has 0 aliphatic carbocycles. The summed E-state index contributed by atoms with van der Waals surface area (Å²) in [4.78, 5) is 18.7. The van der Waals surface area contributed by atoms with Gasteiger partial charge in [-0.15, -0.1) is 11.3 Å². The van der Waals surface area contributed by atoms with Crippen LogP contribution in [0, 0.1) is 6.92 Å². The molecule has 2 aliphatic heterocycles. The minimum atomic E-state index is -0.0760. The largest absolute Gasteiger partial charge is 0.477 e. The molecule has 3 heterocycles. The van der Waals surface area contributed by atoms with Crippen LogP contribution in [0.25, 0.3) is 6.08 Å². The zero-order chi connectivity index (χ0) is 21.5. The number of carbonyl (C=O) groups is 1. The molecule has 158 valence electrons. The van der Waals surface area contributed by atoms with Gasteiger partial charge in [0.1, 0.15) is 18.2 Å². The maximum Gasteiger partial charge on any atom is 0.231 e. The Labute approximate surface area is 186 Å². The third kappa shape index (κ3) is 3.73. The first-order valence-corrected chi connectivity index (χ1v) is 11.1. The van der Waals surface area contributed by atoms with Gasteiger partial charge in [0.15, 0.2) is 5.76 Å². The topological polar surface area (TPSA) is 42.0 Å². The average molecular weight is 433 g/mol. The van der Waals surface area contributed by atoms with Crippen LogP contribution in [0.2, 0.25) is 0 Å². The molecule has 0 amide bonds. The summed E-state index contributed by atoms with van der Waals surface area (Å²) in [5.74, 6) is 1.73. The van der Waals surface area contributed by atoms with Crippen LogP contribution in [0.3, 0.4) is 0 Å². The lowest BCUT2D eigenvalue weighted by Crippen LogP contribution is -2.31. The Kier molecular flexibility index (Phi) is 5.04. The standard InChI is InChI=1S/C25H24N2O3S/c1-16-24-18(13-27(15-29-24)14-20-5-4-10-31-20)12-21-23(28)22(30-25(16)21)11-17-6-8-19(9-7-17)26(2)3/h4-12H,13-15H2,1-3H3/b22-11-. The fourth-order valence-corrected chi connectivity index (χ4v) is 4.79. The van der Waals surface area contributed by atoms with Crippen molar-refractivity contribution in [2.75, 3.05) is 25.7 Å². The van der Waals surface area contributed by atoms with Crippen molar-refractivity contribution in [1.82, 2.24) is 4.90 Å². The SMILES string of the molecule is Cc1c2c(cc3c1O/C(=C\c1ccc(N(C)C)cc1)C3=O)CN(Cc1cccs1)CO2. The van der Waals surface area contributed by atoms with E-state index in [0.29, 0.717) is 23.8 Å². The van der Waals surface area contributed by atoms with Gasteiger partial charge in [-0.2, -0.15) is 0 Å². The molecule has 5 rings (SSSR count). The Morgan fingerprint density at radius 1 is 1.16 bits per heavy atom. The fraction of sp³-hybridized carbons (Fsp3) is 0.240. The Morgan fingerprint density at radius 2 is 1.97 bits per heavy atom. The Balaban J connectivity index is 1.41. The molecule has 0 N–H and O–H groups in total. The summed E-state index contributed by atoms with van der Waals surface area (Å²) in [6, 6.07) is 14.2. The van der Waals surface area contributed by atoms with Gasteiger partial charge in [0.05, 0.1) is 5.56 Å². The molecule has 0 bridgehead atoms. The normalized spacial score (nSPS) is 16.6. The van der Waals surface area contributed by atoms with Crippen molar-refractivity contribution in [3.8, 4) is 11.5 Å². The first-order valence-electron chi connectivity index (χ1n) is 10.3. The molecule has 0 spiro atoms. The third-order valence-electron chi connectivity index (χ3n) is 5.67. The maximum absolute atomic E-state index is 13.1. The highest BCUT2D eigenvalue weighted by molar-refractivity contribution is 7.09. The highest BCUT2D eigenvalue weighted by atomic mass is 32.1. The number of hydrogen-bond acceptors (Lipinski definition) is 6. The summed E-state index contributed by atoms with van der Waals surface area (Å²) in [7, 11) is 4.00. The highest BCUT2D eigenvalue weighted by Crippen LogP contribution is 2.43. The van der Waals surface area contributed by atoms with E-state index in [1.54, 1.807) is 11.3 Å². The molecule has 0 saturated carbocycles. The van der Waals surface area contributed by atoms with Crippen molar-refractivity contribution in [2.24, 2.45) is 0 Å². The van der Waals surface area contributed by atoms with Gasteiger partial charge in [-0.1, -0.05) is 18.2 Å². The minimum Gasteiger partial charge on any atom is -0.477 e. The second kappa shape index (κ2) is 7.87. The predicted molar refractivity (Wildman–Crippen MR) is 124 cm³/mol. The van der Waals surface area contributed by atoms with Crippen LogP contribution in [-0.2, 0) is 13.1 Å². The smallest absolute Gasteiger partial charge is 0.231 e. The van der Waals surface area contributed by atoms with Crippen molar-refractivity contribution >= 4 is 28.9 Å². The molecule has 31 heavy (non-hydrogen) atoms. The van der Waals surface area contributed by atoms with Crippen molar-refractivity contribution < 1.29 is 14.3 Å². The van der Waals surface area contributed by atoms with Gasteiger partial charge in [0, 0.05) is 48.9 Å². The number of fused-ring (bicyclic) bond motifs is 2. The highest BCUT2D eigenvalue weighted by Gasteiger charge is 2.33. The van der Waals surface area contributed by atoms with E-state index in [9.17, 15) is 4.79 Å². The van der Waals surface area contributed by atoms with Gasteiger partial charge in [0.2, 0.25) is 5.78 Å². The van der Waals surface area contributed by atoms with E-state index in [1.165, 1.54) is 4.88 Å². The maximum atomic E-state index is 13.1. The summed E-state index contributed by atoms with van der Waals surface area (Å²) in [6.45, 7) is 4.08. The van der Waals surface area contributed by atoms with Crippen LogP contribution in [-0.4, -0.2) is 31.5 Å². The monoisotopic (exact) mass is 432 g/mol. The van der Waals surface area contributed by atoms with E-state index >= 15 is 0 Å². The van der Waals surface area contributed by atoms with Crippen LogP contribution < -0.4 is 14.4 Å². The number of anilines is 1. The summed E-state index contributed by atoms with van der Waals surface area (Å²) in [6.07, 6.45) is 1.81. The number of benzene rings is 2. The molecule has 0 fully saturated rings. The van der Waals surface area contributed by atoms with E-state index in [4.69, 9.17) is 9.47 Å². The molecule has 6 heteroatoms. The van der Waals surface area contributed by atoms with Crippen LogP contribution in [0.5, 0.6) is 11.5 Å². The summed E-state index contributed by atoms with van der Waals surface area (Å²) in [5.41, 5.74) is 4.59. The number of carbonyl (C=O) groups excluding carboxylic acids is 1. The number of nitrogens with zero attached hydrogens (tertiary/aromatic N) is 2. The quantitative estimate of drug-likeness (QED) is 0.537. The van der Waals surface area contributed by atoms with Gasteiger partial charge in [-0.25, -0.2) is 0 Å². The van der Waals surface area contributed by atoms with Gasteiger partial charge in [-0.05, 0) is 48.2 Å². The Bertz CT molecular complexity index is 1160. The molecule has 5 nitrogen and oxygen atoms in total. The number of hydrogen-bond donors (Lipinski definition) is 0. The molecule has 2 aromatic carbocycles. The number of thiophene rings is 1. The van der Waals surface area contributed by atoms with Gasteiger partial charge < -0.3 is 14.4 Å². The number of ether oxygens (including phenoxy) is 2. The van der Waals surface area contributed by atoms with Gasteiger partial charge >= 0.3 is 0 Å². The molecule has 0 unspecified atom stereocenters. The van der Waals surface area contributed by atoms with E-state index < -0.39 is 0 Å². The molecule has 0 saturated heterocycles. The first kappa shape index (κ1) is 19.8. The molecule has 1 aromatic heterocycles. The molecular weight excluding hydrogens is 408 g/mol. The van der Waals surface area contributed by atoms with Crippen molar-refractivity contribution in [3.05, 3.63) is 80.7 Å². The van der Waals surface area contributed by atoms with E-state index in [0.717, 1.165) is 41.2 Å². The van der Waals surface area contributed by atoms with Crippen LogP contribution in [0.1, 0.15) is 31.9 Å². The lowest BCUT2D eigenvalue weighted by Gasteiger charge is -2.30. The van der Waals surface area contributed by atoms with E-state index in [2.05, 4.69) is 22.4 Å². The van der Waals surface area contributed by atoms with Gasteiger partial charge in [-0.3, -0.25) is 9.69 Å². The summed E-state index contributed by atoms with van der Waals surface area (Å²) in [5, 5.41) is 2.09. The third-order valence-corrected chi connectivity index (χ3v) is 6.53. The van der Waals surface area contributed by atoms with Gasteiger partial charge in [0.25, 0.3) is 0 Å². The molecular formula is C25H24N2O3S. The number of allylic oxidation sites excluding steroid dienone is 1. The molecule has 0 atom stereocenters. The lowest BCUT2D eigenvalue weighted by molar-refractivity contribution is 0.0886. The zero-order valence-corrected chi connectivity index (χ0v) is 18.7. The number of Topliss-reactive ketones (excluding diaryl/α,β-unsaturated/α-hetero) is 1. The van der Waals surface area contributed by atoms with Crippen LogP contribution >= 0.6 is 11.3 Å².